The number of rotatable bonds is 11. The highest BCUT2D eigenvalue weighted by Crippen LogP contribution is 2.36. The number of fused-ring (bicyclic) bond motifs is 2. The van der Waals surface area contributed by atoms with Crippen LogP contribution in [-0.2, 0) is 28.7 Å². The van der Waals surface area contributed by atoms with Crippen LogP contribution in [0.15, 0.2) is 27.6 Å². The van der Waals surface area contributed by atoms with Gasteiger partial charge in [0, 0.05) is 60.0 Å². The van der Waals surface area contributed by atoms with Gasteiger partial charge in [-0.2, -0.15) is 0 Å². The Morgan fingerprint density at radius 2 is 1.48 bits per heavy atom. The summed E-state index contributed by atoms with van der Waals surface area (Å²) in [6.07, 6.45) is 13.2. The number of oxazole rings is 2. The normalized spacial score (nSPS) is 19.4. The van der Waals surface area contributed by atoms with Crippen molar-refractivity contribution in [3.63, 3.8) is 0 Å². The first-order chi connectivity index (χ1) is 23.3. The Hall–Kier alpha value is -4.74. The molecule has 1 fully saturated rings. The second kappa shape index (κ2) is 13.4. The second-order valence-corrected chi connectivity index (χ2v) is 13.3. The lowest BCUT2D eigenvalue weighted by Gasteiger charge is -2.18. The third kappa shape index (κ3) is 6.27. The minimum atomic E-state index is -0.469. The number of ether oxygens (including phenoxy) is 2. The fourth-order valence-corrected chi connectivity index (χ4v) is 7.52. The van der Waals surface area contributed by atoms with Crippen molar-refractivity contribution >= 4 is 23.5 Å². The average molecular weight is 657 g/mol. The van der Waals surface area contributed by atoms with Crippen molar-refractivity contribution in [3.05, 3.63) is 81.2 Å². The van der Waals surface area contributed by atoms with E-state index in [1.807, 2.05) is 0 Å². The van der Waals surface area contributed by atoms with E-state index in [2.05, 4.69) is 19.9 Å². The van der Waals surface area contributed by atoms with Crippen molar-refractivity contribution in [2.24, 2.45) is 0 Å². The summed E-state index contributed by atoms with van der Waals surface area (Å²) in [4.78, 5) is 66.9. The largest absolute Gasteiger partial charge is 0.461 e. The first-order valence-corrected chi connectivity index (χ1v) is 17.0. The summed E-state index contributed by atoms with van der Waals surface area (Å²) < 4.78 is 22.4. The quantitative estimate of drug-likeness (QED) is 0.135. The molecule has 7 rings (SSSR count). The monoisotopic (exact) mass is 656 g/mol. The number of carbonyl (C=O) groups is 4. The summed E-state index contributed by atoms with van der Waals surface area (Å²) in [5.41, 5.74) is 5.39. The maximum Gasteiger partial charge on any atom is 0.355 e. The molecule has 0 saturated heterocycles. The zero-order valence-electron chi connectivity index (χ0n) is 27.3. The number of hydrogen-bond acceptors (Lipinski definition) is 10. The summed E-state index contributed by atoms with van der Waals surface area (Å²) in [5.74, 6) is -0.240. The highest BCUT2D eigenvalue weighted by Gasteiger charge is 2.36. The van der Waals surface area contributed by atoms with E-state index < -0.39 is 11.9 Å². The standard InChI is InChI=1S/C36H40N4O8/c1-19-29-25(14-21(16-27(29)41)33-37-11-13-45-33)39-31(19)35(43)46-12-7-3-4-8-23-18-47-34(38-23)22-15-26-30(28(42)17-22)20(2)32(40-26)36(44)48-24-9-5-6-10-24/h11,13,18,21-22,24,39-40H,3-10,12,14-17H2,1-2H3. The van der Waals surface area contributed by atoms with Crippen molar-refractivity contribution in [2.45, 2.75) is 109 Å². The number of nitrogens with one attached hydrogen (secondary N) is 2. The van der Waals surface area contributed by atoms with Gasteiger partial charge in [-0.05, 0) is 76.3 Å². The van der Waals surface area contributed by atoms with Crippen LogP contribution in [0.3, 0.4) is 0 Å². The van der Waals surface area contributed by atoms with Gasteiger partial charge in [0.25, 0.3) is 0 Å². The Morgan fingerprint density at radius 3 is 2.12 bits per heavy atom. The van der Waals surface area contributed by atoms with Crippen LogP contribution in [0.25, 0.3) is 0 Å². The molecule has 2 unspecified atom stereocenters. The predicted molar refractivity (Wildman–Crippen MR) is 170 cm³/mol. The molecule has 3 aliphatic rings. The highest BCUT2D eigenvalue weighted by molar-refractivity contribution is 6.04. The predicted octanol–water partition coefficient (Wildman–Crippen LogP) is 6.43. The topological polar surface area (TPSA) is 170 Å². The summed E-state index contributed by atoms with van der Waals surface area (Å²) >= 11 is 0. The molecule has 1 saturated carbocycles. The van der Waals surface area contributed by atoms with Crippen LogP contribution in [-0.4, -0.2) is 56.2 Å². The Labute approximate surface area is 277 Å². The van der Waals surface area contributed by atoms with Gasteiger partial charge in [-0.15, -0.1) is 0 Å². The number of nitrogens with zero attached hydrogens (tertiary/aromatic N) is 2. The maximum absolute atomic E-state index is 13.1. The number of ketones is 2. The molecule has 0 aliphatic heterocycles. The van der Waals surface area contributed by atoms with Gasteiger partial charge in [-0.1, -0.05) is 0 Å². The van der Waals surface area contributed by atoms with Gasteiger partial charge in [0.15, 0.2) is 23.3 Å². The molecule has 4 aromatic rings. The fourth-order valence-electron chi connectivity index (χ4n) is 7.52. The number of carbonyl (C=O) groups excluding carboxylic acids is 4. The van der Waals surface area contributed by atoms with E-state index in [-0.39, 0.29) is 42.5 Å². The summed E-state index contributed by atoms with van der Waals surface area (Å²) in [6.45, 7) is 3.83. The molecule has 48 heavy (non-hydrogen) atoms. The van der Waals surface area contributed by atoms with Crippen LogP contribution in [0.4, 0.5) is 0 Å². The number of esters is 2. The molecule has 0 bridgehead atoms. The molecule has 2 atom stereocenters. The lowest BCUT2D eigenvalue weighted by Crippen LogP contribution is -2.19. The first kappa shape index (κ1) is 31.8. The molecule has 0 radical (unpaired) electrons. The number of unbranched alkanes of at least 4 members (excludes halogenated alkanes) is 2. The van der Waals surface area contributed by atoms with Crippen LogP contribution in [0.5, 0.6) is 0 Å². The molecule has 3 aliphatic carbocycles. The molecule has 2 N–H and O–H groups in total. The van der Waals surface area contributed by atoms with Crippen molar-refractivity contribution in [3.8, 4) is 0 Å². The Kier molecular flexibility index (Phi) is 8.89. The Bertz CT molecular complexity index is 1840. The smallest absolute Gasteiger partial charge is 0.355 e. The number of hydrogen-bond donors (Lipinski definition) is 2. The van der Waals surface area contributed by atoms with E-state index >= 15 is 0 Å². The van der Waals surface area contributed by atoms with E-state index in [0.29, 0.717) is 77.5 Å². The van der Waals surface area contributed by atoms with Gasteiger partial charge in [0.1, 0.15) is 30.0 Å². The zero-order valence-corrected chi connectivity index (χ0v) is 27.3. The molecule has 4 heterocycles. The molecular weight excluding hydrogens is 616 g/mol. The molecule has 4 aromatic heterocycles. The van der Waals surface area contributed by atoms with Crippen LogP contribution >= 0.6 is 0 Å². The van der Waals surface area contributed by atoms with Crippen LogP contribution in [0.1, 0.15) is 151 Å². The molecule has 0 spiro atoms. The van der Waals surface area contributed by atoms with E-state index in [4.69, 9.17) is 18.3 Å². The third-order valence-corrected chi connectivity index (χ3v) is 9.99. The van der Waals surface area contributed by atoms with Crippen molar-refractivity contribution in [2.75, 3.05) is 6.61 Å². The van der Waals surface area contributed by atoms with Crippen molar-refractivity contribution in [1.82, 2.24) is 19.9 Å². The Morgan fingerprint density at radius 1 is 0.833 bits per heavy atom. The summed E-state index contributed by atoms with van der Waals surface area (Å²) in [5, 5.41) is 0. The molecule has 252 valence electrons. The first-order valence-electron chi connectivity index (χ1n) is 17.0. The summed E-state index contributed by atoms with van der Waals surface area (Å²) in [7, 11) is 0. The molecular formula is C36H40N4O8. The maximum atomic E-state index is 13.1. The zero-order chi connectivity index (χ0) is 33.4. The Balaban J connectivity index is 0.870. The third-order valence-electron chi connectivity index (χ3n) is 9.99. The molecule has 12 nitrogen and oxygen atoms in total. The molecule has 0 amide bonds. The lowest BCUT2D eigenvalue weighted by molar-refractivity contribution is 0.0310. The lowest BCUT2D eigenvalue weighted by atomic mass is 9.85. The van der Waals surface area contributed by atoms with Gasteiger partial charge >= 0.3 is 11.9 Å². The van der Waals surface area contributed by atoms with Crippen molar-refractivity contribution in [1.29, 1.82) is 0 Å². The molecule has 0 aromatic carbocycles. The van der Waals surface area contributed by atoms with Crippen LogP contribution < -0.4 is 0 Å². The number of aromatic amines is 2. The van der Waals surface area contributed by atoms with Crippen molar-refractivity contribution < 1.29 is 37.5 Å². The molecule has 12 heteroatoms. The minimum absolute atomic E-state index is 0.0269. The van der Waals surface area contributed by atoms with Crippen LogP contribution in [0.2, 0.25) is 0 Å². The van der Waals surface area contributed by atoms with E-state index in [1.54, 1.807) is 26.3 Å². The van der Waals surface area contributed by atoms with E-state index in [1.165, 1.54) is 6.26 Å². The van der Waals surface area contributed by atoms with Gasteiger partial charge in [0.2, 0.25) is 0 Å². The van der Waals surface area contributed by atoms with Crippen LogP contribution in [0, 0.1) is 13.8 Å². The van der Waals surface area contributed by atoms with Gasteiger partial charge in [0.05, 0.1) is 18.5 Å². The van der Waals surface area contributed by atoms with E-state index in [0.717, 1.165) is 55.6 Å². The number of aryl methyl sites for hydroxylation is 1. The number of aromatic nitrogens is 4. The minimum Gasteiger partial charge on any atom is -0.461 e. The number of H-pyrrole nitrogens is 2. The average Bonchev–Trinajstić information content (AvgIpc) is 3.90. The summed E-state index contributed by atoms with van der Waals surface area (Å²) in [6, 6.07) is 0. The number of Topliss-reactive ketones (excluding diaryl/α,β-unsaturated/α-hetero) is 2. The van der Waals surface area contributed by atoms with Gasteiger partial charge in [-0.25, -0.2) is 19.6 Å². The van der Waals surface area contributed by atoms with Gasteiger partial charge < -0.3 is 28.3 Å². The SMILES string of the molecule is Cc1c(C(=O)OCCCCCc2coc(C3CC(=O)c4c([nH]c(C(=O)OC5CCCC5)c4C)C3)n2)[nH]c2c1C(=O)CC(c1ncco1)C2. The van der Waals surface area contributed by atoms with E-state index in [9.17, 15) is 19.2 Å². The highest BCUT2D eigenvalue weighted by atomic mass is 16.5. The fraction of sp³-hybridized carbons (Fsp3) is 0.500. The van der Waals surface area contributed by atoms with Gasteiger partial charge in [-0.3, -0.25) is 9.59 Å². The second-order valence-electron chi connectivity index (χ2n) is 13.3.